The van der Waals surface area contributed by atoms with Gasteiger partial charge in [-0.3, -0.25) is 14.0 Å². The Hall–Kier alpha value is -2.23. The molecule has 3 nitrogen and oxygen atoms in total. The van der Waals surface area contributed by atoms with Crippen LogP contribution in [-0.4, -0.2) is 25.9 Å². The lowest BCUT2D eigenvalue weighted by Crippen LogP contribution is -2.03. The van der Waals surface area contributed by atoms with E-state index in [4.69, 9.17) is 4.74 Å². The highest BCUT2D eigenvalue weighted by Gasteiger charge is 2.02. The van der Waals surface area contributed by atoms with Gasteiger partial charge in [-0.1, -0.05) is 24.8 Å². The van der Waals surface area contributed by atoms with Crippen molar-refractivity contribution in [2.24, 2.45) is 0 Å². The van der Waals surface area contributed by atoms with Crippen LogP contribution < -0.4 is 4.74 Å². The fourth-order valence-corrected chi connectivity index (χ4v) is 1.46. The molecule has 0 amide bonds. The molecule has 1 aromatic rings. The third kappa shape index (κ3) is 8.52. The molecule has 0 atom stereocenters. The summed E-state index contributed by atoms with van der Waals surface area (Å²) in [5, 5.41) is 0. The first-order valence-electron chi connectivity index (χ1n) is 6.54. The summed E-state index contributed by atoms with van der Waals surface area (Å²) in [6.45, 7) is 5.82. The monoisotopic (exact) mass is 292 g/mol. The lowest BCUT2D eigenvalue weighted by Gasteiger charge is -2.06. The number of allylic oxidation sites excluding steroid dienone is 2. The van der Waals surface area contributed by atoms with Gasteiger partial charge in [0.25, 0.3) is 0 Å². The largest absolute Gasteiger partial charge is 0.494 e. The molecule has 4 heteroatoms. The maximum atomic E-state index is 11.3. The van der Waals surface area contributed by atoms with Crippen LogP contribution in [0.25, 0.3) is 6.08 Å². The van der Waals surface area contributed by atoms with Crippen LogP contribution in [0.3, 0.4) is 0 Å². The molecule has 0 saturated heterocycles. The first kappa shape index (κ1) is 18.8. The van der Waals surface area contributed by atoms with Crippen LogP contribution in [0, 0.1) is 0 Å². The quantitative estimate of drug-likeness (QED) is 0.416. The predicted octanol–water partition coefficient (Wildman–Crippen LogP) is 3.79. The molecule has 0 bridgehead atoms. The summed E-state index contributed by atoms with van der Waals surface area (Å²) in [5.41, 5.74) is 1.53. The third-order valence-electron chi connectivity index (χ3n) is 2.54. The minimum atomic E-state index is 0.0814. The number of benzene rings is 1. The number of ketones is 1. The van der Waals surface area contributed by atoms with E-state index in [1.54, 1.807) is 13.0 Å². The minimum Gasteiger partial charge on any atom is -0.494 e. The molecule has 0 aliphatic rings. The lowest BCUT2D eigenvalue weighted by atomic mass is 10.1. The van der Waals surface area contributed by atoms with Crippen LogP contribution in [-0.2, 0) is 9.59 Å². The van der Waals surface area contributed by atoms with Crippen molar-refractivity contribution < 1.29 is 18.7 Å². The molecule has 1 rings (SSSR count). The summed E-state index contributed by atoms with van der Waals surface area (Å²) in [4.78, 5) is 21.5. The Morgan fingerprint density at radius 1 is 1.29 bits per heavy atom. The average molecular weight is 292 g/mol. The third-order valence-corrected chi connectivity index (χ3v) is 2.54. The first-order valence-corrected chi connectivity index (χ1v) is 6.54. The van der Waals surface area contributed by atoms with E-state index in [0.29, 0.717) is 32.2 Å². The van der Waals surface area contributed by atoms with Crippen LogP contribution in [0.2, 0.25) is 0 Å². The van der Waals surface area contributed by atoms with E-state index in [2.05, 4.69) is 6.58 Å². The minimum absolute atomic E-state index is 0.0814. The Bertz CT molecular complexity index is 475. The van der Waals surface area contributed by atoms with Gasteiger partial charge in [0.15, 0.2) is 5.78 Å². The molecule has 0 aliphatic heterocycles. The number of hydrogen-bond donors (Lipinski definition) is 0. The Labute approximate surface area is 125 Å². The molecule has 1 aromatic carbocycles. The molecule has 0 heterocycles. The van der Waals surface area contributed by atoms with Crippen molar-refractivity contribution in [2.75, 3.05) is 13.8 Å². The highest BCUT2D eigenvalue weighted by atomic mass is 19.1. The van der Waals surface area contributed by atoms with Gasteiger partial charge in [0.2, 0.25) is 0 Å². The Morgan fingerprint density at radius 3 is 2.43 bits per heavy atom. The summed E-state index contributed by atoms with van der Waals surface area (Å²) in [7, 11) is 0.500. The van der Waals surface area contributed by atoms with Gasteiger partial charge in [-0.2, -0.15) is 0 Å². The van der Waals surface area contributed by atoms with Crippen molar-refractivity contribution in [1.82, 2.24) is 0 Å². The summed E-state index contributed by atoms with van der Waals surface area (Å²) >= 11 is 0. The second-order valence-corrected chi connectivity index (χ2v) is 4.22. The lowest BCUT2D eigenvalue weighted by molar-refractivity contribution is -0.115. The van der Waals surface area contributed by atoms with E-state index in [-0.39, 0.29) is 5.78 Å². The van der Waals surface area contributed by atoms with Crippen molar-refractivity contribution in [3.63, 3.8) is 0 Å². The maximum Gasteiger partial charge on any atom is 0.158 e. The van der Waals surface area contributed by atoms with Crippen molar-refractivity contribution in [3.8, 4) is 5.75 Å². The fraction of sp³-hybridized carbons (Fsp3) is 0.294. The van der Waals surface area contributed by atoms with E-state index in [1.165, 1.54) is 6.08 Å². The number of hydrogen-bond acceptors (Lipinski definition) is 3. The van der Waals surface area contributed by atoms with E-state index < -0.39 is 0 Å². The zero-order chi connectivity index (χ0) is 16.1. The van der Waals surface area contributed by atoms with Crippen molar-refractivity contribution in [3.05, 3.63) is 48.1 Å². The molecule has 0 aromatic heterocycles. The normalized spacial score (nSPS) is 9.67. The molecule has 0 aliphatic carbocycles. The van der Waals surface area contributed by atoms with E-state index in [0.717, 1.165) is 17.6 Å². The van der Waals surface area contributed by atoms with Crippen LogP contribution in [0.1, 0.15) is 25.3 Å². The highest BCUT2D eigenvalue weighted by Crippen LogP contribution is 2.13. The molecule has 0 spiro atoms. The number of carbonyl (C=O) groups excluding carboxylic acids is 2. The maximum absolute atomic E-state index is 11.3. The second kappa shape index (κ2) is 11.6. The Morgan fingerprint density at radius 2 is 1.90 bits per heavy atom. The van der Waals surface area contributed by atoms with E-state index in [9.17, 15) is 14.0 Å². The van der Waals surface area contributed by atoms with Crippen molar-refractivity contribution in [2.45, 2.75) is 19.8 Å². The summed E-state index contributed by atoms with van der Waals surface area (Å²) in [5.74, 6) is 0.837. The van der Waals surface area contributed by atoms with Gasteiger partial charge in [0, 0.05) is 6.42 Å². The van der Waals surface area contributed by atoms with Gasteiger partial charge >= 0.3 is 0 Å². The standard InChI is InChI=1S/C16H18O3.CH3F/c1-13(2)16(18)6-4-12-19-15-9-7-14(8-10-15)5-3-11-17;1-2/h3,5,7-11H,1,4,6,12H2,2H3;1H3/b5-3+;. The molecule has 0 radical (unpaired) electrons. The van der Waals surface area contributed by atoms with Crippen LogP contribution in [0.4, 0.5) is 4.39 Å². The molecule has 0 saturated carbocycles. The molecule has 114 valence electrons. The van der Waals surface area contributed by atoms with Gasteiger partial charge in [-0.25, -0.2) is 0 Å². The number of Topliss-reactive ketones (excluding diaryl/α,β-unsaturated/α-hetero) is 1. The molecule has 0 N–H and O–H groups in total. The summed E-state index contributed by atoms with van der Waals surface area (Å²) < 4.78 is 15.0. The van der Waals surface area contributed by atoms with Gasteiger partial charge in [0.05, 0.1) is 13.8 Å². The summed E-state index contributed by atoms with van der Waals surface area (Å²) in [6.07, 6.45) is 5.05. The number of rotatable bonds is 8. The van der Waals surface area contributed by atoms with Crippen LogP contribution >= 0.6 is 0 Å². The van der Waals surface area contributed by atoms with Crippen LogP contribution in [0.15, 0.2) is 42.5 Å². The van der Waals surface area contributed by atoms with Gasteiger partial charge in [-0.15, -0.1) is 0 Å². The zero-order valence-electron chi connectivity index (χ0n) is 12.5. The second-order valence-electron chi connectivity index (χ2n) is 4.22. The molecule has 21 heavy (non-hydrogen) atoms. The highest BCUT2D eigenvalue weighted by molar-refractivity contribution is 5.93. The summed E-state index contributed by atoms with van der Waals surface area (Å²) in [6, 6.07) is 7.42. The number of aldehydes is 1. The van der Waals surface area contributed by atoms with Crippen molar-refractivity contribution >= 4 is 18.1 Å². The number of halogens is 1. The number of carbonyl (C=O) groups is 2. The predicted molar refractivity (Wildman–Crippen MR) is 83.1 cm³/mol. The Kier molecular flexibility index (Phi) is 10.4. The van der Waals surface area contributed by atoms with E-state index >= 15 is 0 Å². The topological polar surface area (TPSA) is 43.4 Å². The number of alkyl halides is 1. The average Bonchev–Trinajstić information content (AvgIpc) is 2.52. The molecule has 0 fully saturated rings. The molecular weight excluding hydrogens is 271 g/mol. The van der Waals surface area contributed by atoms with Gasteiger partial charge in [0.1, 0.15) is 12.0 Å². The number of ether oxygens (including phenoxy) is 1. The van der Waals surface area contributed by atoms with Gasteiger partial charge < -0.3 is 4.74 Å². The fourth-order valence-electron chi connectivity index (χ4n) is 1.46. The molecule has 0 unspecified atom stereocenters. The Balaban J connectivity index is 0.00000191. The zero-order valence-corrected chi connectivity index (χ0v) is 12.5. The SMILES string of the molecule is C=C(C)C(=O)CCCOc1ccc(/C=C/C=O)cc1.CF. The molecular formula is C17H21FO3. The first-order chi connectivity index (χ1) is 10.1. The van der Waals surface area contributed by atoms with Crippen LogP contribution in [0.5, 0.6) is 5.75 Å². The van der Waals surface area contributed by atoms with Gasteiger partial charge in [-0.05, 0) is 42.7 Å². The van der Waals surface area contributed by atoms with E-state index in [1.807, 2.05) is 24.3 Å². The smallest absolute Gasteiger partial charge is 0.158 e. The van der Waals surface area contributed by atoms with Crippen molar-refractivity contribution in [1.29, 1.82) is 0 Å².